The van der Waals surface area contributed by atoms with Crippen LogP contribution in [0.25, 0.3) is 0 Å². The molecule has 1 saturated heterocycles. The highest BCUT2D eigenvalue weighted by molar-refractivity contribution is 5.70. The number of hydrogen-bond acceptors (Lipinski definition) is 6. The van der Waals surface area contributed by atoms with Crippen molar-refractivity contribution < 1.29 is 9.13 Å². The third-order valence-electron chi connectivity index (χ3n) is 5.58. The van der Waals surface area contributed by atoms with Crippen LogP contribution in [0.2, 0.25) is 0 Å². The Balaban J connectivity index is 1.40. The minimum Gasteiger partial charge on any atom is -0.485 e. The lowest BCUT2D eigenvalue weighted by Gasteiger charge is -2.30. The van der Waals surface area contributed by atoms with Crippen molar-refractivity contribution in [3.05, 3.63) is 72.2 Å². The second kappa shape index (κ2) is 7.75. The number of anilines is 2. The van der Waals surface area contributed by atoms with Gasteiger partial charge in [-0.2, -0.15) is 0 Å². The Kier molecular flexibility index (Phi) is 4.81. The first-order chi connectivity index (χ1) is 14.3. The SMILES string of the molecule is Fc1ccc2c(c1)COc1cccnc1N2[C@@H]1CCN(CCc2cnccn2)C1. The average molecular weight is 391 g/mol. The van der Waals surface area contributed by atoms with Gasteiger partial charge in [-0.25, -0.2) is 9.37 Å². The summed E-state index contributed by atoms with van der Waals surface area (Å²) in [4.78, 5) is 17.8. The largest absolute Gasteiger partial charge is 0.485 e. The van der Waals surface area contributed by atoms with Crippen LogP contribution in [0.3, 0.4) is 0 Å². The number of ether oxygens (including phenoxy) is 1. The molecule has 0 spiro atoms. The number of benzene rings is 1. The highest BCUT2D eigenvalue weighted by Gasteiger charge is 2.33. The molecule has 1 aromatic carbocycles. The van der Waals surface area contributed by atoms with Crippen molar-refractivity contribution in [1.82, 2.24) is 19.9 Å². The van der Waals surface area contributed by atoms with Gasteiger partial charge in [-0.3, -0.25) is 9.97 Å². The predicted molar refractivity (Wildman–Crippen MR) is 108 cm³/mol. The minimum atomic E-state index is -0.247. The minimum absolute atomic E-state index is 0.247. The van der Waals surface area contributed by atoms with Gasteiger partial charge in [-0.05, 0) is 36.8 Å². The highest BCUT2D eigenvalue weighted by Crippen LogP contribution is 2.41. The number of likely N-dealkylation sites (tertiary alicyclic amines) is 1. The lowest BCUT2D eigenvalue weighted by Crippen LogP contribution is -2.35. The maximum Gasteiger partial charge on any atom is 0.176 e. The molecule has 1 atom stereocenters. The van der Waals surface area contributed by atoms with Crippen molar-refractivity contribution in [2.75, 3.05) is 24.5 Å². The van der Waals surface area contributed by atoms with Crippen LogP contribution < -0.4 is 9.64 Å². The third kappa shape index (κ3) is 3.65. The molecule has 6 nitrogen and oxygen atoms in total. The van der Waals surface area contributed by atoms with E-state index in [1.165, 1.54) is 6.07 Å². The molecule has 2 aliphatic rings. The van der Waals surface area contributed by atoms with Gasteiger partial charge in [-0.1, -0.05) is 0 Å². The molecule has 0 radical (unpaired) electrons. The molecule has 2 aromatic heterocycles. The van der Waals surface area contributed by atoms with Gasteiger partial charge in [0.25, 0.3) is 0 Å². The molecule has 0 saturated carbocycles. The van der Waals surface area contributed by atoms with Crippen LogP contribution in [-0.4, -0.2) is 45.5 Å². The van der Waals surface area contributed by atoms with Gasteiger partial charge in [0.2, 0.25) is 0 Å². The van der Waals surface area contributed by atoms with E-state index in [1.807, 2.05) is 24.4 Å². The standard InChI is InChI=1S/C22H22FN5O/c23-17-3-4-20-16(12-17)15-29-21-2-1-7-26-22(21)28(20)19-6-11-27(14-19)10-5-18-13-24-8-9-25-18/h1-4,7-9,12-13,19H,5-6,10-11,14-15H2/t19-/m1/s1. The Morgan fingerprint density at radius 2 is 2.10 bits per heavy atom. The average Bonchev–Trinajstić information content (AvgIpc) is 3.16. The van der Waals surface area contributed by atoms with Crippen molar-refractivity contribution in [1.29, 1.82) is 0 Å². The molecule has 3 aromatic rings. The maximum absolute atomic E-state index is 13.9. The predicted octanol–water partition coefficient (Wildman–Crippen LogP) is 3.36. The maximum atomic E-state index is 13.9. The van der Waals surface area contributed by atoms with Crippen LogP contribution in [0.15, 0.2) is 55.1 Å². The fraction of sp³-hybridized carbons (Fsp3) is 0.318. The van der Waals surface area contributed by atoms with E-state index in [-0.39, 0.29) is 11.9 Å². The smallest absolute Gasteiger partial charge is 0.176 e. The zero-order valence-electron chi connectivity index (χ0n) is 16.0. The Morgan fingerprint density at radius 3 is 3.00 bits per heavy atom. The molecule has 0 unspecified atom stereocenters. The molecular formula is C22H22FN5O. The first-order valence-corrected chi connectivity index (χ1v) is 9.90. The van der Waals surface area contributed by atoms with Gasteiger partial charge in [0.05, 0.1) is 5.69 Å². The van der Waals surface area contributed by atoms with Gasteiger partial charge in [0, 0.05) is 68.1 Å². The molecule has 0 aliphatic carbocycles. The lowest BCUT2D eigenvalue weighted by molar-refractivity contribution is 0.309. The highest BCUT2D eigenvalue weighted by atomic mass is 19.1. The Morgan fingerprint density at radius 1 is 1.14 bits per heavy atom. The number of nitrogens with zero attached hydrogens (tertiary/aromatic N) is 5. The number of hydrogen-bond donors (Lipinski definition) is 0. The van der Waals surface area contributed by atoms with Crippen molar-refractivity contribution in [2.45, 2.75) is 25.5 Å². The molecule has 0 amide bonds. The monoisotopic (exact) mass is 391 g/mol. The van der Waals surface area contributed by atoms with E-state index in [0.29, 0.717) is 6.61 Å². The molecule has 7 heteroatoms. The van der Waals surface area contributed by atoms with Crippen molar-refractivity contribution in [2.24, 2.45) is 0 Å². The summed E-state index contributed by atoms with van der Waals surface area (Å²) in [6.45, 7) is 3.18. The molecule has 2 aliphatic heterocycles. The van der Waals surface area contributed by atoms with Crippen molar-refractivity contribution >= 4 is 11.5 Å². The normalized spacial score (nSPS) is 18.7. The van der Waals surface area contributed by atoms with Gasteiger partial charge in [0.15, 0.2) is 11.6 Å². The van der Waals surface area contributed by atoms with Gasteiger partial charge >= 0.3 is 0 Å². The number of rotatable bonds is 4. The van der Waals surface area contributed by atoms with Crippen LogP contribution in [0.4, 0.5) is 15.9 Å². The molecule has 0 bridgehead atoms. The van der Waals surface area contributed by atoms with E-state index < -0.39 is 0 Å². The first kappa shape index (κ1) is 18.0. The Hall–Kier alpha value is -3.06. The van der Waals surface area contributed by atoms with Gasteiger partial charge in [-0.15, -0.1) is 0 Å². The molecule has 4 heterocycles. The molecule has 1 fully saturated rings. The Labute approximate surface area is 169 Å². The van der Waals surface area contributed by atoms with Crippen LogP contribution in [-0.2, 0) is 13.0 Å². The molecule has 29 heavy (non-hydrogen) atoms. The second-order valence-electron chi connectivity index (χ2n) is 7.45. The van der Waals surface area contributed by atoms with E-state index >= 15 is 0 Å². The summed E-state index contributed by atoms with van der Waals surface area (Å²) < 4.78 is 19.8. The van der Waals surface area contributed by atoms with Crippen LogP contribution >= 0.6 is 0 Å². The van der Waals surface area contributed by atoms with E-state index in [9.17, 15) is 4.39 Å². The van der Waals surface area contributed by atoms with Crippen LogP contribution in [0, 0.1) is 5.82 Å². The zero-order chi connectivity index (χ0) is 19.6. The van der Waals surface area contributed by atoms with E-state index in [4.69, 9.17) is 4.74 Å². The van der Waals surface area contributed by atoms with Crippen LogP contribution in [0.1, 0.15) is 17.7 Å². The van der Waals surface area contributed by atoms with E-state index in [0.717, 1.165) is 61.0 Å². The van der Waals surface area contributed by atoms with Gasteiger partial charge in [0.1, 0.15) is 12.4 Å². The fourth-order valence-electron chi connectivity index (χ4n) is 4.18. The molecule has 0 N–H and O–H groups in total. The van der Waals surface area contributed by atoms with E-state index in [2.05, 4.69) is 24.8 Å². The number of halogens is 1. The molecule has 5 rings (SSSR count). The Bertz CT molecular complexity index is 1000. The molecule has 148 valence electrons. The second-order valence-corrected chi connectivity index (χ2v) is 7.45. The lowest BCUT2D eigenvalue weighted by atomic mass is 10.1. The van der Waals surface area contributed by atoms with Crippen molar-refractivity contribution in [3.8, 4) is 5.75 Å². The number of aromatic nitrogens is 3. The number of pyridine rings is 1. The van der Waals surface area contributed by atoms with Crippen LogP contribution in [0.5, 0.6) is 5.75 Å². The summed E-state index contributed by atoms with van der Waals surface area (Å²) >= 11 is 0. The topological polar surface area (TPSA) is 54.4 Å². The summed E-state index contributed by atoms with van der Waals surface area (Å²) in [6, 6.07) is 8.97. The van der Waals surface area contributed by atoms with Gasteiger partial charge < -0.3 is 14.5 Å². The quantitative estimate of drug-likeness (QED) is 0.680. The summed E-state index contributed by atoms with van der Waals surface area (Å²) in [5, 5.41) is 0. The third-order valence-corrected chi connectivity index (χ3v) is 5.58. The fourth-order valence-corrected chi connectivity index (χ4v) is 4.18. The summed E-state index contributed by atoms with van der Waals surface area (Å²) in [5.74, 6) is 1.30. The first-order valence-electron chi connectivity index (χ1n) is 9.90. The zero-order valence-corrected chi connectivity index (χ0v) is 16.0. The summed E-state index contributed by atoms with van der Waals surface area (Å²) in [5.41, 5.74) is 2.83. The molecular weight excluding hydrogens is 369 g/mol. The summed E-state index contributed by atoms with van der Waals surface area (Å²) in [7, 11) is 0. The van der Waals surface area contributed by atoms with E-state index in [1.54, 1.807) is 24.7 Å². The summed E-state index contributed by atoms with van der Waals surface area (Å²) in [6.07, 6.45) is 8.92. The van der Waals surface area contributed by atoms with Crippen molar-refractivity contribution in [3.63, 3.8) is 0 Å². The number of fused-ring (bicyclic) bond motifs is 2.